The Morgan fingerprint density at radius 3 is 2.80 bits per heavy atom. The molecule has 1 aromatic carbocycles. The summed E-state index contributed by atoms with van der Waals surface area (Å²) in [4.78, 5) is 0.00237. The molecule has 0 unspecified atom stereocenters. The summed E-state index contributed by atoms with van der Waals surface area (Å²) in [5.74, 6) is -0.246. The quantitative estimate of drug-likeness (QED) is 0.339. The van der Waals surface area contributed by atoms with Crippen molar-refractivity contribution in [1.82, 2.24) is 4.72 Å². The largest absolute Gasteiger partial charge is 0.409 e. The van der Waals surface area contributed by atoms with Crippen LogP contribution in [0.15, 0.2) is 37.0 Å². The first-order valence-electron chi connectivity index (χ1n) is 5.51. The molecule has 4 N–H and O–H groups in total. The average Bonchev–Trinajstić information content (AvgIpc) is 2.84. The van der Waals surface area contributed by atoms with Gasteiger partial charge in [0.05, 0.1) is 16.9 Å². The lowest BCUT2D eigenvalue weighted by molar-refractivity contribution is 0.312. The van der Waals surface area contributed by atoms with Crippen LogP contribution in [0.3, 0.4) is 0 Å². The zero-order valence-corrected chi connectivity index (χ0v) is 12.4. The predicted molar refractivity (Wildman–Crippen MR) is 75.8 cm³/mol. The van der Waals surface area contributed by atoms with Gasteiger partial charge in [0.25, 0.3) is 0 Å². The summed E-state index contributed by atoms with van der Waals surface area (Å²) in [6, 6.07) is 4.68. The second kappa shape index (κ2) is 4.96. The van der Waals surface area contributed by atoms with Crippen LogP contribution in [0.1, 0.15) is 13.8 Å². The SMILES string of the molecule is CC(C)(NS(=O)(=O)c1cccc2c1N=S=N2)/C(N)=N/O. The number of amidine groups is 1. The summed E-state index contributed by atoms with van der Waals surface area (Å²) in [6.07, 6.45) is 0. The minimum atomic E-state index is -3.89. The highest BCUT2D eigenvalue weighted by molar-refractivity contribution is 7.89. The number of hydrogen-bond donors (Lipinski definition) is 3. The molecular weight excluding hydrogens is 302 g/mol. The molecule has 1 aromatic rings. The minimum absolute atomic E-state index is 0.00237. The summed E-state index contributed by atoms with van der Waals surface area (Å²) in [5.41, 5.74) is 5.03. The van der Waals surface area contributed by atoms with Gasteiger partial charge in [0.15, 0.2) is 5.84 Å². The van der Waals surface area contributed by atoms with Crippen molar-refractivity contribution < 1.29 is 13.6 Å². The molecule has 8 nitrogen and oxygen atoms in total. The number of oxime groups is 1. The topological polar surface area (TPSA) is 130 Å². The molecule has 0 fully saturated rings. The van der Waals surface area contributed by atoms with Crippen molar-refractivity contribution in [3.63, 3.8) is 0 Å². The Bertz CT molecular complexity index is 748. The fourth-order valence-corrected chi connectivity index (χ4v) is 3.72. The highest BCUT2D eigenvalue weighted by atomic mass is 32.2. The van der Waals surface area contributed by atoms with Crippen LogP contribution in [0, 0.1) is 0 Å². The third-order valence-corrected chi connectivity index (χ3v) is 4.91. The first kappa shape index (κ1) is 14.6. The predicted octanol–water partition coefficient (Wildman–Crippen LogP) is 1.22. The fraction of sp³-hybridized carbons (Fsp3) is 0.300. The third kappa shape index (κ3) is 2.57. The van der Waals surface area contributed by atoms with Gasteiger partial charge in [-0.25, -0.2) is 8.42 Å². The Labute approximate surface area is 119 Å². The lowest BCUT2D eigenvalue weighted by Gasteiger charge is -2.24. The molecule has 1 aliphatic heterocycles. The highest BCUT2D eigenvalue weighted by Crippen LogP contribution is 2.37. The standard InChI is InChI=1S/C10H13N5O3S2/c1-10(2,9(11)12-16)15-20(17,18)7-5-3-4-6-8(7)14-19-13-6/h3-5,15-16H,1-2H3,(H2,11,12). The molecule has 0 aliphatic carbocycles. The van der Waals surface area contributed by atoms with Crippen LogP contribution in [0.2, 0.25) is 0 Å². The second-order valence-corrected chi connectivity index (χ2v) is 6.78. The van der Waals surface area contributed by atoms with E-state index in [9.17, 15) is 8.42 Å². The molecule has 1 heterocycles. The van der Waals surface area contributed by atoms with Crippen molar-refractivity contribution in [3.05, 3.63) is 18.2 Å². The van der Waals surface area contributed by atoms with E-state index in [0.717, 1.165) is 11.4 Å². The van der Waals surface area contributed by atoms with Gasteiger partial charge in [-0.1, -0.05) is 11.2 Å². The zero-order valence-electron chi connectivity index (χ0n) is 10.7. The number of fused-ring (bicyclic) bond motifs is 1. The van der Waals surface area contributed by atoms with Gasteiger partial charge < -0.3 is 10.9 Å². The number of rotatable bonds is 4. The third-order valence-electron chi connectivity index (χ3n) is 2.68. The molecule has 0 atom stereocenters. The van der Waals surface area contributed by atoms with Crippen LogP contribution in [-0.2, 0) is 21.4 Å². The molecule has 0 radical (unpaired) electrons. The van der Waals surface area contributed by atoms with Gasteiger partial charge in [0, 0.05) is 0 Å². The molecular formula is C10H13N5O3S2. The molecule has 1 aliphatic rings. The number of benzene rings is 1. The van der Waals surface area contributed by atoms with Crippen LogP contribution in [-0.4, -0.2) is 25.0 Å². The van der Waals surface area contributed by atoms with Crippen molar-refractivity contribution >= 4 is 38.6 Å². The van der Waals surface area contributed by atoms with Crippen LogP contribution in [0.25, 0.3) is 0 Å². The molecule has 10 heteroatoms. The van der Waals surface area contributed by atoms with E-state index in [1.54, 1.807) is 12.1 Å². The maximum absolute atomic E-state index is 12.4. The smallest absolute Gasteiger partial charge is 0.243 e. The molecule has 0 aromatic heterocycles. The Balaban J connectivity index is 2.44. The van der Waals surface area contributed by atoms with Gasteiger partial charge in [0.2, 0.25) is 10.0 Å². The van der Waals surface area contributed by atoms with Gasteiger partial charge in [-0.15, -0.1) is 0 Å². The lowest BCUT2D eigenvalue weighted by atomic mass is 10.1. The van der Waals surface area contributed by atoms with Crippen molar-refractivity contribution in [3.8, 4) is 0 Å². The van der Waals surface area contributed by atoms with Crippen LogP contribution in [0.4, 0.5) is 11.4 Å². The first-order chi connectivity index (χ1) is 9.28. The Morgan fingerprint density at radius 1 is 1.45 bits per heavy atom. The van der Waals surface area contributed by atoms with Gasteiger partial charge >= 0.3 is 0 Å². The van der Waals surface area contributed by atoms with E-state index in [4.69, 9.17) is 10.9 Å². The van der Waals surface area contributed by atoms with E-state index in [1.807, 2.05) is 0 Å². The van der Waals surface area contributed by atoms with Crippen LogP contribution in [0.5, 0.6) is 0 Å². The van der Waals surface area contributed by atoms with E-state index in [0.29, 0.717) is 11.4 Å². The summed E-state index contributed by atoms with van der Waals surface area (Å²) in [7, 11) is -3.89. The van der Waals surface area contributed by atoms with E-state index in [-0.39, 0.29) is 10.7 Å². The number of nitrogens with zero attached hydrogens (tertiary/aromatic N) is 3. The Kier molecular flexibility index (Phi) is 3.63. The zero-order chi connectivity index (χ0) is 15.0. The van der Waals surface area contributed by atoms with Gasteiger partial charge in [-0.05, 0) is 26.0 Å². The van der Waals surface area contributed by atoms with Gasteiger partial charge in [-0.3, -0.25) is 0 Å². The number of sulfonamides is 1. The molecule has 0 amide bonds. The van der Waals surface area contributed by atoms with E-state index in [1.165, 1.54) is 19.9 Å². The van der Waals surface area contributed by atoms with Gasteiger partial charge in [-0.2, -0.15) is 13.4 Å². The summed E-state index contributed by atoms with van der Waals surface area (Å²) in [5, 5.41) is 11.5. The molecule has 2 rings (SSSR count). The Hall–Kier alpha value is -1.78. The van der Waals surface area contributed by atoms with Gasteiger partial charge in [0.1, 0.15) is 16.3 Å². The average molecular weight is 315 g/mol. The molecule has 20 heavy (non-hydrogen) atoms. The number of nitrogens with one attached hydrogen (secondary N) is 1. The van der Waals surface area contributed by atoms with Crippen molar-refractivity contribution in [2.24, 2.45) is 19.6 Å². The van der Waals surface area contributed by atoms with Crippen molar-refractivity contribution in [2.75, 3.05) is 0 Å². The molecule has 0 bridgehead atoms. The summed E-state index contributed by atoms with van der Waals surface area (Å²) < 4.78 is 35.2. The van der Waals surface area contributed by atoms with E-state index >= 15 is 0 Å². The fourth-order valence-electron chi connectivity index (χ4n) is 1.57. The maximum Gasteiger partial charge on any atom is 0.243 e. The summed E-state index contributed by atoms with van der Waals surface area (Å²) >= 11 is 0.931. The molecule has 0 saturated heterocycles. The second-order valence-electron chi connectivity index (χ2n) is 4.60. The number of nitrogens with two attached hydrogens (primary N) is 1. The highest BCUT2D eigenvalue weighted by Gasteiger charge is 2.32. The molecule has 0 spiro atoms. The lowest BCUT2D eigenvalue weighted by Crippen LogP contribution is -2.52. The Morgan fingerprint density at radius 2 is 2.15 bits per heavy atom. The van der Waals surface area contributed by atoms with Crippen LogP contribution < -0.4 is 10.5 Å². The van der Waals surface area contributed by atoms with Crippen molar-refractivity contribution in [2.45, 2.75) is 24.3 Å². The van der Waals surface area contributed by atoms with E-state index < -0.39 is 15.6 Å². The molecule has 108 valence electrons. The monoisotopic (exact) mass is 315 g/mol. The minimum Gasteiger partial charge on any atom is -0.409 e. The van der Waals surface area contributed by atoms with Crippen LogP contribution >= 0.6 is 0 Å². The maximum atomic E-state index is 12.4. The summed E-state index contributed by atoms with van der Waals surface area (Å²) in [6.45, 7) is 2.97. The normalized spacial score (nSPS) is 15.0. The first-order valence-corrected chi connectivity index (χ1v) is 7.72. The van der Waals surface area contributed by atoms with E-state index in [2.05, 4.69) is 18.6 Å². The van der Waals surface area contributed by atoms with Crippen molar-refractivity contribution in [1.29, 1.82) is 0 Å². The molecule has 0 saturated carbocycles. The number of hydrogen-bond acceptors (Lipinski definition) is 6.